The number of nitrogens with one attached hydrogen (secondary N) is 2. The second kappa shape index (κ2) is 6.00. The van der Waals surface area contributed by atoms with Crippen LogP contribution in [0.25, 0.3) is 0 Å². The van der Waals surface area contributed by atoms with Gasteiger partial charge in [0.25, 0.3) is 5.91 Å². The Kier molecular flexibility index (Phi) is 4.32. The van der Waals surface area contributed by atoms with Crippen molar-refractivity contribution in [2.45, 2.75) is 6.92 Å². The molecule has 9 heteroatoms. The molecule has 0 bridgehead atoms. The number of hydrogen-bond donors (Lipinski definition) is 3. The molecule has 2 rings (SSSR count). The van der Waals surface area contributed by atoms with Crippen molar-refractivity contribution in [2.75, 3.05) is 22.9 Å². The van der Waals surface area contributed by atoms with E-state index >= 15 is 0 Å². The Balaban J connectivity index is 2.24. The lowest BCUT2D eigenvalue weighted by Crippen LogP contribution is -2.13. The van der Waals surface area contributed by atoms with E-state index < -0.39 is 29.0 Å². The molecule has 5 nitrogen and oxygen atoms in total. The molecule has 0 spiro atoms. The molecule has 2 aromatic rings. The van der Waals surface area contributed by atoms with E-state index in [2.05, 4.69) is 15.6 Å². The molecule has 112 valence electrons. The minimum Gasteiger partial charge on any atom is -0.382 e. The first-order valence-corrected chi connectivity index (χ1v) is 6.70. The number of anilines is 3. The van der Waals surface area contributed by atoms with Crippen LogP contribution in [0.4, 0.5) is 29.8 Å². The number of benzene rings is 1. The van der Waals surface area contributed by atoms with Gasteiger partial charge in [-0.3, -0.25) is 4.79 Å². The summed E-state index contributed by atoms with van der Waals surface area (Å²) in [7, 11) is 0. The maximum atomic E-state index is 13.5. The molecule has 0 aliphatic carbocycles. The number of rotatable bonds is 4. The fourth-order valence-corrected chi connectivity index (χ4v) is 2.37. The van der Waals surface area contributed by atoms with E-state index in [-0.39, 0.29) is 10.7 Å². The van der Waals surface area contributed by atoms with Crippen molar-refractivity contribution < 1.29 is 18.0 Å². The van der Waals surface area contributed by atoms with Gasteiger partial charge >= 0.3 is 0 Å². The molecule has 0 fully saturated rings. The van der Waals surface area contributed by atoms with Crippen molar-refractivity contribution in [3.8, 4) is 0 Å². The second-order valence-corrected chi connectivity index (χ2v) is 4.96. The van der Waals surface area contributed by atoms with E-state index in [1.807, 2.05) is 6.92 Å². The highest BCUT2D eigenvalue weighted by Crippen LogP contribution is 2.26. The molecule has 0 saturated carbocycles. The lowest BCUT2D eigenvalue weighted by Gasteiger charge is -2.06. The molecule has 1 aromatic carbocycles. The predicted molar refractivity (Wildman–Crippen MR) is 75.0 cm³/mol. The van der Waals surface area contributed by atoms with Crippen LogP contribution < -0.4 is 16.4 Å². The molecule has 4 N–H and O–H groups in total. The van der Waals surface area contributed by atoms with Gasteiger partial charge in [-0.2, -0.15) is 0 Å². The number of nitrogens with zero attached hydrogens (tertiary/aromatic N) is 1. The van der Waals surface area contributed by atoms with Crippen LogP contribution in [0.15, 0.2) is 12.1 Å². The van der Waals surface area contributed by atoms with E-state index in [4.69, 9.17) is 5.73 Å². The summed E-state index contributed by atoms with van der Waals surface area (Å²) in [5, 5.41) is 5.45. The third kappa shape index (κ3) is 3.24. The zero-order valence-electron chi connectivity index (χ0n) is 10.8. The van der Waals surface area contributed by atoms with Crippen LogP contribution in [-0.2, 0) is 0 Å². The number of amides is 1. The Bertz CT molecular complexity index is 689. The Morgan fingerprint density at radius 1 is 1.29 bits per heavy atom. The minimum absolute atomic E-state index is 0.0311. The Labute approximate surface area is 122 Å². The largest absolute Gasteiger partial charge is 0.382 e. The average Bonchev–Trinajstić information content (AvgIpc) is 2.77. The summed E-state index contributed by atoms with van der Waals surface area (Å²) in [5.41, 5.74) is 5.11. The zero-order chi connectivity index (χ0) is 15.6. The van der Waals surface area contributed by atoms with E-state index in [9.17, 15) is 18.0 Å². The fraction of sp³-hybridized carbons (Fsp3) is 0.167. The number of carbonyl (C=O) groups excluding carboxylic acids is 1. The molecule has 0 atom stereocenters. The molecule has 0 aliphatic rings. The molecule has 0 aliphatic heterocycles. The number of halogens is 3. The van der Waals surface area contributed by atoms with Crippen molar-refractivity contribution in [1.82, 2.24) is 4.98 Å². The summed E-state index contributed by atoms with van der Waals surface area (Å²) in [6.45, 7) is 2.43. The third-order valence-corrected chi connectivity index (χ3v) is 3.47. The van der Waals surface area contributed by atoms with Crippen molar-refractivity contribution in [2.24, 2.45) is 0 Å². The maximum absolute atomic E-state index is 13.5. The number of carbonyl (C=O) groups is 1. The fourth-order valence-electron chi connectivity index (χ4n) is 1.52. The molecule has 0 radical (unpaired) electrons. The molecule has 0 unspecified atom stereocenters. The SMILES string of the molecule is CCNc1nc(N)c(C(=O)Nc2cc(F)c(F)cc2F)s1. The highest BCUT2D eigenvalue weighted by molar-refractivity contribution is 7.18. The molecule has 21 heavy (non-hydrogen) atoms. The molecular formula is C12H11F3N4OS. The summed E-state index contributed by atoms with van der Waals surface area (Å²) >= 11 is 0.975. The number of aromatic nitrogens is 1. The molecular weight excluding hydrogens is 305 g/mol. The highest BCUT2D eigenvalue weighted by Gasteiger charge is 2.18. The second-order valence-electron chi connectivity index (χ2n) is 3.96. The van der Waals surface area contributed by atoms with Crippen LogP contribution in [0.2, 0.25) is 0 Å². The van der Waals surface area contributed by atoms with Crippen molar-refractivity contribution in [3.63, 3.8) is 0 Å². The summed E-state index contributed by atoms with van der Waals surface area (Å²) in [6, 6.07) is 0.913. The Hall–Kier alpha value is -2.29. The molecule has 0 saturated heterocycles. The summed E-state index contributed by atoms with van der Waals surface area (Å²) < 4.78 is 39.3. The lowest BCUT2D eigenvalue weighted by atomic mass is 10.2. The summed E-state index contributed by atoms with van der Waals surface area (Å²) in [5.74, 6) is -4.47. The first kappa shape index (κ1) is 15.1. The van der Waals surface area contributed by atoms with Gasteiger partial charge in [0.15, 0.2) is 16.8 Å². The molecule has 1 heterocycles. The molecule has 1 amide bonds. The van der Waals surface area contributed by atoms with Gasteiger partial charge in [-0.25, -0.2) is 18.2 Å². The van der Waals surface area contributed by atoms with Gasteiger partial charge in [-0.05, 0) is 6.92 Å². The standard InChI is InChI=1S/C12H11F3N4OS/c1-2-17-12-19-10(16)9(21-12)11(20)18-8-4-6(14)5(13)3-7(8)15/h3-4H,2,16H2,1H3,(H,17,19)(H,18,20). The van der Waals surface area contributed by atoms with Crippen LogP contribution in [0.5, 0.6) is 0 Å². The third-order valence-electron chi connectivity index (χ3n) is 2.45. The van der Waals surface area contributed by atoms with Crippen molar-refractivity contribution >= 4 is 33.9 Å². The van der Waals surface area contributed by atoms with E-state index in [0.29, 0.717) is 23.8 Å². The van der Waals surface area contributed by atoms with Crippen molar-refractivity contribution in [1.29, 1.82) is 0 Å². The first-order chi connectivity index (χ1) is 9.92. The summed E-state index contributed by atoms with van der Waals surface area (Å²) in [6.07, 6.45) is 0. The Morgan fingerprint density at radius 3 is 2.62 bits per heavy atom. The van der Waals surface area contributed by atoms with Gasteiger partial charge in [0.1, 0.15) is 16.5 Å². The topological polar surface area (TPSA) is 80.0 Å². The van der Waals surface area contributed by atoms with Gasteiger partial charge in [0.2, 0.25) is 0 Å². The zero-order valence-corrected chi connectivity index (χ0v) is 11.7. The van der Waals surface area contributed by atoms with Crippen LogP contribution in [0.3, 0.4) is 0 Å². The monoisotopic (exact) mass is 316 g/mol. The quantitative estimate of drug-likeness (QED) is 0.758. The smallest absolute Gasteiger partial charge is 0.269 e. The van der Waals surface area contributed by atoms with Gasteiger partial charge in [-0.15, -0.1) is 0 Å². The molecule has 1 aromatic heterocycles. The highest BCUT2D eigenvalue weighted by atomic mass is 32.1. The summed E-state index contributed by atoms with van der Waals surface area (Å²) in [4.78, 5) is 15.9. The maximum Gasteiger partial charge on any atom is 0.269 e. The normalized spacial score (nSPS) is 10.5. The van der Waals surface area contributed by atoms with Crippen LogP contribution >= 0.6 is 11.3 Å². The van der Waals surface area contributed by atoms with Crippen LogP contribution in [0, 0.1) is 17.5 Å². The van der Waals surface area contributed by atoms with Crippen LogP contribution in [0.1, 0.15) is 16.6 Å². The van der Waals surface area contributed by atoms with Gasteiger partial charge in [0.05, 0.1) is 5.69 Å². The van der Waals surface area contributed by atoms with Gasteiger partial charge in [-0.1, -0.05) is 11.3 Å². The number of hydrogen-bond acceptors (Lipinski definition) is 5. The number of nitrogen functional groups attached to an aromatic ring is 1. The van der Waals surface area contributed by atoms with E-state index in [0.717, 1.165) is 11.3 Å². The number of nitrogens with two attached hydrogens (primary N) is 1. The first-order valence-electron chi connectivity index (χ1n) is 5.88. The van der Waals surface area contributed by atoms with Crippen LogP contribution in [-0.4, -0.2) is 17.4 Å². The van der Waals surface area contributed by atoms with Gasteiger partial charge in [0, 0.05) is 18.7 Å². The average molecular weight is 316 g/mol. The minimum atomic E-state index is -1.34. The lowest BCUT2D eigenvalue weighted by molar-refractivity contribution is 0.103. The number of thiazole rings is 1. The van der Waals surface area contributed by atoms with E-state index in [1.165, 1.54) is 0 Å². The van der Waals surface area contributed by atoms with Gasteiger partial charge < -0.3 is 16.4 Å². The Morgan fingerprint density at radius 2 is 1.95 bits per heavy atom. The van der Waals surface area contributed by atoms with Crippen molar-refractivity contribution in [3.05, 3.63) is 34.5 Å². The predicted octanol–water partition coefficient (Wildman–Crippen LogP) is 2.83. The van der Waals surface area contributed by atoms with E-state index in [1.54, 1.807) is 0 Å².